The lowest BCUT2D eigenvalue weighted by Gasteiger charge is -2.37. The fraction of sp³-hybridized carbons (Fsp3) is 0.250. The van der Waals surface area contributed by atoms with E-state index in [0.717, 1.165) is 19.1 Å². The molecule has 1 aliphatic rings. The Morgan fingerprint density at radius 3 is 2.80 bits per heavy atom. The number of amidine groups is 1. The summed E-state index contributed by atoms with van der Waals surface area (Å²) < 4.78 is 52.5. The van der Waals surface area contributed by atoms with Gasteiger partial charge in [0.15, 0.2) is 17.9 Å². The van der Waals surface area contributed by atoms with Crippen LogP contribution in [0.3, 0.4) is 0 Å². The minimum absolute atomic E-state index is 0.0238. The third-order valence-electron chi connectivity index (χ3n) is 3.94. The van der Waals surface area contributed by atoms with E-state index in [-0.39, 0.29) is 11.4 Å². The van der Waals surface area contributed by atoms with Gasteiger partial charge in [0.05, 0.1) is 6.26 Å². The number of amides is 1. The fourth-order valence-corrected chi connectivity index (χ4v) is 2.47. The minimum atomic E-state index is -3.50. The van der Waals surface area contributed by atoms with Crippen molar-refractivity contribution >= 4 is 17.6 Å². The van der Waals surface area contributed by atoms with Crippen molar-refractivity contribution in [2.24, 2.45) is 10.7 Å². The van der Waals surface area contributed by atoms with Gasteiger partial charge in [-0.05, 0) is 37.3 Å². The van der Waals surface area contributed by atoms with E-state index in [4.69, 9.17) is 10.2 Å². The first-order valence-electron chi connectivity index (χ1n) is 7.24. The summed E-state index contributed by atoms with van der Waals surface area (Å²) in [6.45, 7) is 0.0280. The van der Waals surface area contributed by atoms with Crippen LogP contribution in [0.5, 0.6) is 0 Å². The third-order valence-corrected chi connectivity index (χ3v) is 3.94. The zero-order chi connectivity index (χ0) is 18.2. The summed E-state index contributed by atoms with van der Waals surface area (Å²) in [6, 6.07) is 5.79. The molecule has 3 rings (SSSR count). The summed E-state index contributed by atoms with van der Waals surface area (Å²) in [5.74, 6) is -4.98. The second-order valence-electron chi connectivity index (χ2n) is 5.64. The first-order chi connectivity index (χ1) is 11.7. The zero-order valence-corrected chi connectivity index (χ0v) is 13.1. The Kier molecular flexibility index (Phi) is 3.94. The summed E-state index contributed by atoms with van der Waals surface area (Å²) in [7, 11) is 0. The number of anilines is 1. The maximum Gasteiger partial charge on any atom is 0.310 e. The minimum Gasteiger partial charge on any atom is -0.459 e. The predicted molar refractivity (Wildman–Crippen MR) is 82.9 cm³/mol. The van der Waals surface area contributed by atoms with Gasteiger partial charge in [-0.3, -0.25) is 4.79 Å². The van der Waals surface area contributed by atoms with Gasteiger partial charge in [-0.1, -0.05) is 0 Å². The number of alkyl halides is 2. The molecule has 1 atom stereocenters. The van der Waals surface area contributed by atoms with E-state index in [9.17, 15) is 18.0 Å². The van der Waals surface area contributed by atoms with Crippen LogP contribution in [0.15, 0.2) is 46.0 Å². The van der Waals surface area contributed by atoms with Gasteiger partial charge in [0, 0.05) is 11.3 Å². The molecule has 0 bridgehead atoms. The van der Waals surface area contributed by atoms with Crippen LogP contribution in [0.4, 0.5) is 18.9 Å². The Balaban J connectivity index is 1.99. The second kappa shape index (κ2) is 5.83. The van der Waals surface area contributed by atoms with Gasteiger partial charge in [0.25, 0.3) is 11.9 Å². The highest BCUT2D eigenvalue weighted by molar-refractivity contribution is 6.02. The van der Waals surface area contributed by atoms with E-state index >= 15 is 0 Å². The summed E-state index contributed by atoms with van der Waals surface area (Å²) in [5.41, 5.74) is 2.81. The third kappa shape index (κ3) is 2.92. The molecule has 6 nitrogen and oxygen atoms in total. The van der Waals surface area contributed by atoms with Gasteiger partial charge in [-0.25, -0.2) is 9.38 Å². The van der Waals surface area contributed by atoms with Gasteiger partial charge in [-0.2, -0.15) is 8.78 Å². The molecule has 0 radical (unpaired) electrons. The molecule has 0 unspecified atom stereocenters. The summed E-state index contributed by atoms with van der Waals surface area (Å²) in [4.78, 5) is 15.6. The Morgan fingerprint density at radius 1 is 1.36 bits per heavy atom. The molecule has 0 fully saturated rings. The van der Waals surface area contributed by atoms with Crippen LogP contribution in [0.25, 0.3) is 0 Å². The number of hydrogen-bond donors (Lipinski definition) is 2. The molecule has 2 heterocycles. The van der Waals surface area contributed by atoms with Crippen LogP contribution >= 0.6 is 0 Å². The number of furan rings is 1. The number of halogens is 3. The Morgan fingerprint density at radius 2 is 2.12 bits per heavy atom. The maximum atomic E-state index is 14.4. The van der Waals surface area contributed by atoms with Crippen LogP contribution < -0.4 is 11.1 Å². The van der Waals surface area contributed by atoms with Gasteiger partial charge in [0.2, 0.25) is 0 Å². The van der Waals surface area contributed by atoms with Crippen LogP contribution in [0.1, 0.15) is 23.0 Å². The fourth-order valence-electron chi connectivity index (χ4n) is 2.47. The number of nitrogens with one attached hydrogen (secondary N) is 1. The van der Waals surface area contributed by atoms with Crippen LogP contribution in [-0.4, -0.2) is 24.5 Å². The number of benzene rings is 1. The van der Waals surface area contributed by atoms with E-state index in [1.54, 1.807) is 0 Å². The molecule has 0 aliphatic carbocycles. The molecular formula is C16H14F3N3O3. The van der Waals surface area contributed by atoms with E-state index < -0.39 is 41.4 Å². The first-order valence-corrected chi connectivity index (χ1v) is 7.24. The Labute approximate surface area is 140 Å². The van der Waals surface area contributed by atoms with Crippen molar-refractivity contribution in [3.05, 3.63) is 53.7 Å². The summed E-state index contributed by atoms with van der Waals surface area (Å²) in [6.07, 6.45) is 1.31. The number of carbonyl (C=O) groups is 1. The average molecular weight is 353 g/mol. The number of ether oxygens (including phenoxy) is 1. The molecule has 3 N–H and O–H groups in total. The first kappa shape index (κ1) is 16.9. The molecule has 1 aliphatic heterocycles. The lowest BCUT2D eigenvalue weighted by atomic mass is 9.85. The molecule has 9 heteroatoms. The molecule has 1 aromatic heterocycles. The zero-order valence-electron chi connectivity index (χ0n) is 13.1. The lowest BCUT2D eigenvalue weighted by Crippen LogP contribution is -2.51. The van der Waals surface area contributed by atoms with Gasteiger partial charge in [0.1, 0.15) is 5.82 Å². The van der Waals surface area contributed by atoms with E-state index in [0.29, 0.717) is 0 Å². The lowest BCUT2D eigenvalue weighted by molar-refractivity contribution is -0.117. The molecule has 1 aromatic carbocycles. The van der Waals surface area contributed by atoms with Crippen molar-refractivity contribution < 1.29 is 27.1 Å². The van der Waals surface area contributed by atoms with Crippen molar-refractivity contribution in [3.63, 3.8) is 0 Å². The molecule has 0 saturated heterocycles. The highest BCUT2D eigenvalue weighted by Gasteiger charge is 2.56. The smallest absolute Gasteiger partial charge is 0.310 e. The molecule has 0 spiro atoms. The Bertz CT molecular complexity index is 836. The number of carbonyl (C=O) groups excluding carboxylic acids is 1. The number of rotatable bonds is 3. The Hall–Kier alpha value is -2.97. The molecular weight excluding hydrogens is 339 g/mol. The average Bonchev–Trinajstić information content (AvgIpc) is 3.08. The highest BCUT2D eigenvalue weighted by Crippen LogP contribution is 2.44. The second-order valence-corrected chi connectivity index (χ2v) is 5.64. The van der Waals surface area contributed by atoms with E-state index in [1.807, 2.05) is 0 Å². The SMILES string of the molecule is C[C@]1(c2cc(NC(=O)c3ccco3)ccc2F)N=C(N)OCC1(F)F. The largest absolute Gasteiger partial charge is 0.459 e. The summed E-state index contributed by atoms with van der Waals surface area (Å²) in [5, 5.41) is 2.45. The van der Waals surface area contributed by atoms with Gasteiger partial charge < -0.3 is 20.2 Å². The van der Waals surface area contributed by atoms with Crippen LogP contribution in [-0.2, 0) is 10.3 Å². The molecule has 25 heavy (non-hydrogen) atoms. The standard InChI is InChI=1S/C16H14F3N3O3/c1-15(16(18,19)8-25-14(20)22-15)10-7-9(4-5-11(10)17)21-13(23)12-3-2-6-24-12/h2-7H,8H2,1H3,(H2,20,22)(H,21,23)/t15-/m1/s1. The van der Waals surface area contributed by atoms with E-state index in [2.05, 4.69) is 15.0 Å². The quantitative estimate of drug-likeness (QED) is 0.888. The monoisotopic (exact) mass is 353 g/mol. The molecule has 0 saturated carbocycles. The molecule has 132 valence electrons. The number of nitrogens with zero attached hydrogens (tertiary/aromatic N) is 1. The number of nitrogens with two attached hydrogens (primary N) is 1. The van der Waals surface area contributed by atoms with Crippen LogP contribution in [0.2, 0.25) is 0 Å². The number of hydrogen-bond acceptors (Lipinski definition) is 5. The maximum absolute atomic E-state index is 14.4. The van der Waals surface area contributed by atoms with Gasteiger partial charge >= 0.3 is 5.92 Å². The van der Waals surface area contributed by atoms with E-state index in [1.165, 1.54) is 24.5 Å². The predicted octanol–water partition coefficient (Wildman–Crippen LogP) is 2.87. The van der Waals surface area contributed by atoms with Gasteiger partial charge in [-0.15, -0.1) is 0 Å². The van der Waals surface area contributed by atoms with Crippen molar-refractivity contribution in [1.29, 1.82) is 0 Å². The van der Waals surface area contributed by atoms with Crippen molar-refractivity contribution in [3.8, 4) is 0 Å². The summed E-state index contributed by atoms with van der Waals surface area (Å²) >= 11 is 0. The molecule has 2 aromatic rings. The topological polar surface area (TPSA) is 89.9 Å². The van der Waals surface area contributed by atoms with Crippen molar-refractivity contribution in [2.45, 2.75) is 18.4 Å². The molecule has 1 amide bonds. The number of aliphatic imine (C=N–C) groups is 1. The van der Waals surface area contributed by atoms with Crippen molar-refractivity contribution in [1.82, 2.24) is 0 Å². The highest BCUT2D eigenvalue weighted by atomic mass is 19.3. The van der Waals surface area contributed by atoms with Crippen molar-refractivity contribution in [2.75, 3.05) is 11.9 Å². The van der Waals surface area contributed by atoms with Crippen LogP contribution in [0, 0.1) is 5.82 Å². The normalized spacial score (nSPS) is 22.0.